The Bertz CT molecular complexity index is 986. The van der Waals surface area contributed by atoms with Crippen molar-refractivity contribution in [1.82, 2.24) is 10.2 Å². The molecule has 1 heterocycles. The van der Waals surface area contributed by atoms with Crippen LogP contribution in [0.25, 0.3) is 0 Å². The van der Waals surface area contributed by atoms with Crippen LogP contribution in [0.3, 0.4) is 0 Å². The number of aryl methyl sites for hydroxylation is 1. The van der Waals surface area contributed by atoms with E-state index in [1.54, 1.807) is 6.92 Å². The number of benzene rings is 2. The van der Waals surface area contributed by atoms with Crippen LogP contribution in [-0.4, -0.2) is 67.6 Å². The van der Waals surface area contributed by atoms with Gasteiger partial charge in [-0.2, -0.15) is 0 Å². The smallest absolute Gasteiger partial charge is 0.338 e. The first-order valence-electron chi connectivity index (χ1n) is 10.7. The summed E-state index contributed by atoms with van der Waals surface area (Å²) in [5.41, 5.74) is 2.18. The average Bonchev–Trinajstić information content (AvgIpc) is 2.79. The molecule has 0 saturated carbocycles. The summed E-state index contributed by atoms with van der Waals surface area (Å²) in [7, 11) is 0. The number of amides is 1. The summed E-state index contributed by atoms with van der Waals surface area (Å²) >= 11 is 0. The summed E-state index contributed by atoms with van der Waals surface area (Å²) < 4.78 is 4.90. The first-order valence-corrected chi connectivity index (χ1v) is 10.7. The van der Waals surface area contributed by atoms with Gasteiger partial charge in [-0.25, -0.2) is 4.79 Å². The molecule has 32 heavy (non-hydrogen) atoms. The highest BCUT2D eigenvalue weighted by molar-refractivity contribution is 5.99. The lowest BCUT2D eigenvalue weighted by Gasteiger charge is -2.36. The number of carbonyl (C=O) groups excluding carboxylic acids is 2. The number of hydrogen-bond donors (Lipinski definition) is 1. The fourth-order valence-electron chi connectivity index (χ4n) is 3.66. The second-order valence-corrected chi connectivity index (χ2v) is 7.67. The maximum atomic E-state index is 12.6. The van der Waals surface area contributed by atoms with Crippen LogP contribution in [0, 0.1) is 17.0 Å². The largest absolute Gasteiger partial charge is 0.462 e. The molecule has 0 aromatic heterocycles. The van der Waals surface area contributed by atoms with Crippen LogP contribution in [0.15, 0.2) is 42.5 Å². The van der Waals surface area contributed by atoms with Crippen molar-refractivity contribution in [2.24, 2.45) is 0 Å². The molecule has 1 aliphatic heterocycles. The van der Waals surface area contributed by atoms with Gasteiger partial charge in [-0.3, -0.25) is 19.8 Å². The highest BCUT2D eigenvalue weighted by atomic mass is 16.6. The van der Waals surface area contributed by atoms with Gasteiger partial charge in [0, 0.05) is 62.7 Å². The lowest BCUT2D eigenvalue weighted by atomic mass is 10.1. The lowest BCUT2D eigenvalue weighted by molar-refractivity contribution is -0.384. The van der Waals surface area contributed by atoms with Gasteiger partial charge in [0.1, 0.15) is 0 Å². The number of carbonyl (C=O) groups is 2. The summed E-state index contributed by atoms with van der Waals surface area (Å²) in [5, 5.41) is 14.0. The van der Waals surface area contributed by atoms with E-state index in [-0.39, 0.29) is 23.4 Å². The molecule has 9 heteroatoms. The Morgan fingerprint density at radius 3 is 2.47 bits per heavy atom. The molecule has 2 aromatic rings. The van der Waals surface area contributed by atoms with Crippen molar-refractivity contribution < 1.29 is 19.2 Å². The molecule has 0 aliphatic carbocycles. The van der Waals surface area contributed by atoms with Crippen molar-refractivity contribution in [1.29, 1.82) is 0 Å². The SMILES string of the molecule is CCOC(=O)c1cc(C(=O)NCCN2CCN(c3cccc(C)c3)CC2)cc([N+](=O)[O-])c1. The molecule has 9 nitrogen and oxygen atoms in total. The standard InChI is InChI=1S/C23H28N4O5/c1-3-32-23(29)19-14-18(15-21(16-19)27(30)31)22(28)24-7-8-25-9-11-26(12-10-25)20-6-4-5-17(2)13-20/h4-6,13-16H,3,7-12H2,1-2H3,(H,24,28). The number of rotatable bonds is 8. The zero-order chi connectivity index (χ0) is 23.1. The first kappa shape index (κ1) is 23.2. The molecular formula is C23H28N4O5. The monoisotopic (exact) mass is 440 g/mol. The van der Waals surface area contributed by atoms with Crippen LogP contribution in [0.5, 0.6) is 0 Å². The molecule has 0 bridgehead atoms. The van der Waals surface area contributed by atoms with Crippen LogP contribution in [0.2, 0.25) is 0 Å². The Labute approximate surface area is 187 Å². The second-order valence-electron chi connectivity index (χ2n) is 7.67. The second kappa shape index (κ2) is 10.7. The molecule has 1 aliphatic rings. The number of hydrogen-bond acceptors (Lipinski definition) is 7. The van der Waals surface area contributed by atoms with Gasteiger partial charge in [0.05, 0.1) is 17.1 Å². The Hall–Kier alpha value is -3.46. The van der Waals surface area contributed by atoms with Crippen molar-refractivity contribution >= 4 is 23.3 Å². The van der Waals surface area contributed by atoms with Crippen molar-refractivity contribution in [3.8, 4) is 0 Å². The van der Waals surface area contributed by atoms with E-state index in [0.29, 0.717) is 13.1 Å². The Morgan fingerprint density at radius 1 is 1.09 bits per heavy atom. The Morgan fingerprint density at radius 2 is 1.81 bits per heavy atom. The number of nitro groups is 1. The molecule has 2 aromatic carbocycles. The van der Waals surface area contributed by atoms with Gasteiger partial charge in [-0.1, -0.05) is 12.1 Å². The molecule has 0 spiro atoms. The van der Waals surface area contributed by atoms with Crippen molar-refractivity contribution in [3.05, 3.63) is 69.3 Å². The number of nitrogens with zero attached hydrogens (tertiary/aromatic N) is 3. The third-order valence-electron chi connectivity index (χ3n) is 5.35. The van der Waals surface area contributed by atoms with Gasteiger partial charge in [0.15, 0.2) is 0 Å². The summed E-state index contributed by atoms with van der Waals surface area (Å²) in [5.74, 6) is -1.16. The minimum atomic E-state index is -0.697. The normalized spacial score (nSPS) is 14.1. The highest BCUT2D eigenvalue weighted by Gasteiger charge is 2.20. The van der Waals surface area contributed by atoms with Crippen molar-refractivity contribution in [3.63, 3.8) is 0 Å². The maximum Gasteiger partial charge on any atom is 0.338 e. The summed E-state index contributed by atoms with van der Waals surface area (Å²) in [6.07, 6.45) is 0. The third-order valence-corrected chi connectivity index (χ3v) is 5.35. The molecule has 3 rings (SSSR count). The lowest BCUT2D eigenvalue weighted by Crippen LogP contribution is -2.48. The molecule has 1 saturated heterocycles. The molecule has 0 radical (unpaired) electrons. The number of esters is 1. The van der Waals surface area contributed by atoms with Crippen LogP contribution < -0.4 is 10.2 Å². The van der Waals surface area contributed by atoms with Crippen LogP contribution in [0.1, 0.15) is 33.2 Å². The van der Waals surface area contributed by atoms with E-state index >= 15 is 0 Å². The van der Waals surface area contributed by atoms with E-state index in [1.165, 1.54) is 23.4 Å². The fraction of sp³-hybridized carbons (Fsp3) is 0.391. The zero-order valence-corrected chi connectivity index (χ0v) is 18.4. The molecule has 0 atom stereocenters. The van der Waals surface area contributed by atoms with Crippen LogP contribution >= 0.6 is 0 Å². The van der Waals surface area contributed by atoms with Gasteiger partial charge < -0.3 is 15.0 Å². The summed E-state index contributed by atoms with van der Waals surface area (Å²) in [6, 6.07) is 12.0. The summed E-state index contributed by atoms with van der Waals surface area (Å²) in [6.45, 7) is 8.52. The molecule has 1 N–H and O–H groups in total. The van der Waals surface area contributed by atoms with Gasteiger partial charge in [-0.05, 0) is 37.6 Å². The topological polar surface area (TPSA) is 105 Å². The van der Waals surface area contributed by atoms with E-state index in [1.807, 2.05) is 0 Å². The number of piperazine rings is 1. The molecule has 1 amide bonds. The van der Waals surface area contributed by atoms with Gasteiger partial charge in [0.2, 0.25) is 0 Å². The van der Waals surface area contributed by atoms with Crippen LogP contribution in [-0.2, 0) is 4.74 Å². The van der Waals surface area contributed by atoms with E-state index < -0.39 is 16.8 Å². The zero-order valence-electron chi connectivity index (χ0n) is 18.4. The van der Waals surface area contributed by atoms with Crippen LogP contribution in [0.4, 0.5) is 11.4 Å². The van der Waals surface area contributed by atoms with E-state index in [2.05, 4.69) is 46.3 Å². The fourth-order valence-corrected chi connectivity index (χ4v) is 3.66. The predicted octanol–water partition coefficient (Wildman–Crippen LogP) is 2.63. The molecule has 1 fully saturated rings. The van der Waals surface area contributed by atoms with E-state index in [0.717, 1.165) is 32.2 Å². The molecule has 0 unspecified atom stereocenters. The summed E-state index contributed by atoms with van der Waals surface area (Å²) in [4.78, 5) is 39.7. The predicted molar refractivity (Wildman–Crippen MR) is 121 cm³/mol. The van der Waals surface area contributed by atoms with E-state index in [9.17, 15) is 19.7 Å². The Kier molecular flexibility index (Phi) is 7.77. The number of ether oxygens (including phenoxy) is 1. The molecular weight excluding hydrogens is 412 g/mol. The number of non-ortho nitro benzene ring substituents is 1. The number of nitro benzene ring substituents is 1. The minimum Gasteiger partial charge on any atom is -0.462 e. The van der Waals surface area contributed by atoms with Gasteiger partial charge in [-0.15, -0.1) is 0 Å². The van der Waals surface area contributed by atoms with Crippen molar-refractivity contribution in [2.45, 2.75) is 13.8 Å². The van der Waals surface area contributed by atoms with Gasteiger partial charge >= 0.3 is 5.97 Å². The van der Waals surface area contributed by atoms with Gasteiger partial charge in [0.25, 0.3) is 11.6 Å². The minimum absolute atomic E-state index is 0.0153. The first-order chi connectivity index (χ1) is 15.4. The number of nitrogens with one attached hydrogen (secondary N) is 1. The molecule has 170 valence electrons. The third kappa shape index (κ3) is 6.04. The Balaban J connectivity index is 1.53. The van der Waals surface area contributed by atoms with Crippen molar-refractivity contribution in [2.75, 3.05) is 50.8 Å². The average molecular weight is 441 g/mol. The number of anilines is 1. The quantitative estimate of drug-likeness (QED) is 0.382. The van der Waals surface area contributed by atoms with E-state index in [4.69, 9.17) is 4.74 Å². The maximum absolute atomic E-state index is 12.6. The highest BCUT2D eigenvalue weighted by Crippen LogP contribution is 2.19.